The third-order valence-electron chi connectivity index (χ3n) is 2.81. The largest absolute Gasteiger partial charge is 0.0544 e. The van der Waals surface area contributed by atoms with Gasteiger partial charge in [0.15, 0.2) is 0 Å². The van der Waals surface area contributed by atoms with E-state index in [9.17, 15) is 0 Å². The molecule has 0 aliphatic heterocycles. The summed E-state index contributed by atoms with van der Waals surface area (Å²) in [5.74, 6) is 0. The lowest BCUT2D eigenvalue weighted by Gasteiger charge is -2.00. The zero-order chi connectivity index (χ0) is 10.8. The molecular weight excluding hydrogens is 192 g/mol. The Kier molecular flexibility index (Phi) is 2.19. The van der Waals surface area contributed by atoms with E-state index in [1.54, 1.807) is 0 Å². The van der Waals surface area contributed by atoms with Crippen molar-refractivity contribution >= 4 is 24.3 Å². The van der Waals surface area contributed by atoms with Crippen molar-refractivity contribution < 1.29 is 0 Å². The van der Waals surface area contributed by atoms with Crippen LogP contribution in [-0.4, -0.2) is 0 Å². The summed E-state index contributed by atoms with van der Waals surface area (Å²) in [5.41, 5.74) is 4.95. The Labute approximate surface area is 95.6 Å². The minimum absolute atomic E-state index is 1.24. The van der Waals surface area contributed by atoms with Gasteiger partial charge in [-0.15, -0.1) is 0 Å². The highest BCUT2D eigenvalue weighted by Crippen LogP contribution is 2.15. The molecule has 0 fully saturated rings. The van der Waals surface area contributed by atoms with Gasteiger partial charge in [-0.1, -0.05) is 72.8 Å². The maximum absolute atomic E-state index is 2.14. The third kappa shape index (κ3) is 1.82. The van der Waals surface area contributed by atoms with Crippen LogP contribution in [0.3, 0.4) is 0 Å². The van der Waals surface area contributed by atoms with Gasteiger partial charge in [0.2, 0.25) is 0 Å². The van der Waals surface area contributed by atoms with Crippen molar-refractivity contribution in [2.45, 2.75) is 0 Å². The van der Waals surface area contributed by atoms with Gasteiger partial charge in [-0.2, -0.15) is 0 Å². The summed E-state index contributed by atoms with van der Waals surface area (Å²) >= 11 is 0. The minimum Gasteiger partial charge on any atom is -0.0544 e. The first-order valence-corrected chi connectivity index (χ1v) is 5.46. The van der Waals surface area contributed by atoms with Gasteiger partial charge in [-0.25, -0.2) is 0 Å². The summed E-state index contributed by atoms with van der Waals surface area (Å²) in [4.78, 5) is 0. The van der Waals surface area contributed by atoms with Gasteiger partial charge < -0.3 is 0 Å². The quantitative estimate of drug-likeness (QED) is 0.511. The lowest BCUT2D eigenvalue weighted by Crippen LogP contribution is -1.79. The second kappa shape index (κ2) is 3.82. The van der Waals surface area contributed by atoms with E-state index in [-0.39, 0.29) is 0 Å². The molecule has 0 saturated carbocycles. The highest BCUT2D eigenvalue weighted by molar-refractivity contribution is 5.75. The summed E-state index contributed by atoms with van der Waals surface area (Å²) < 4.78 is 0. The SMILES string of the molecule is C1=C\c2ccc(cc2)/C=C\c2ccc/1cc2. The molecule has 0 spiro atoms. The van der Waals surface area contributed by atoms with Crippen LogP contribution in [0, 0.1) is 0 Å². The molecule has 0 radical (unpaired) electrons. The number of hydrogen-bond donors (Lipinski definition) is 0. The van der Waals surface area contributed by atoms with Crippen molar-refractivity contribution in [1.29, 1.82) is 0 Å². The summed E-state index contributed by atoms with van der Waals surface area (Å²) in [7, 11) is 0. The Balaban J connectivity index is 2.18. The first-order valence-electron chi connectivity index (χ1n) is 5.46. The molecule has 76 valence electrons. The van der Waals surface area contributed by atoms with Gasteiger partial charge in [0.1, 0.15) is 0 Å². The molecule has 6 rings (SSSR count). The van der Waals surface area contributed by atoms with E-state index in [2.05, 4.69) is 72.8 Å². The summed E-state index contributed by atoms with van der Waals surface area (Å²) in [6.45, 7) is 0. The molecule has 0 unspecified atom stereocenters. The fraction of sp³-hybridized carbons (Fsp3) is 0. The summed E-state index contributed by atoms with van der Waals surface area (Å²) in [5, 5.41) is 0. The van der Waals surface area contributed by atoms with Gasteiger partial charge in [0.05, 0.1) is 0 Å². The van der Waals surface area contributed by atoms with E-state index < -0.39 is 0 Å². The van der Waals surface area contributed by atoms with Gasteiger partial charge >= 0.3 is 0 Å². The predicted octanol–water partition coefficient (Wildman–Crippen LogP) is 4.34. The molecule has 2 aromatic carbocycles. The van der Waals surface area contributed by atoms with Gasteiger partial charge in [-0.3, -0.25) is 0 Å². The number of hydrogen-bond acceptors (Lipinski definition) is 0. The van der Waals surface area contributed by atoms with Crippen molar-refractivity contribution in [3.05, 3.63) is 70.8 Å². The van der Waals surface area contributed by atoms with E-state index in [1.807, 2.05) is 0 Å². The lowest BCUT2D eigenvalue weighted by atomic mass is 10.1. The molecule has 4 aliphatic rings. The molecule has 0 atom stereocenters. The molecule has 0 saturated heterocycles. The average molecular weight is 204 g/mol. The van der Waals surface area contributed by atoms with Crippen molar-refractivity contribution in [3.63, 3.8) is 0 Å². The minimum atomic E-state index is 1.24. The molecular formula is C16H12. The van der Waals surface area contributed by atoms with Gasteiger partial charge in [0.25, 0.3) is 0 Å². The first-order chi connectivity index (χ1) is 7.90. The molecule has 0 amide bonds. The molecule has 2 aromatic rings. The predicted molar refractivity (Wildman–Crippen MR) is 70.7 cm³/mol. The Morgan fingerprint density at radius 3 is 0.688 bits per heavy atom. The van der Waals surface area contributed by atoms with Crippen LogP contribution in [-0.2, 0) is 0 Å². The molecule has 0 heteroatoms. The summed E-state index contributed by atoms with van der Waals surface area (Å²) in [6, 6.07) is 17.1. The van der Waals surface area contributed by atoms with Gasteiger partial charge in [0, 0.05) is 0 Å². The monoisotopic (exact) mass is 204 g/mol. The lowest BCUT2D eigenvalue weighted by molar-refractivity contribution is 1.59. The van der Waals surface area contributed by atoms with E-state index >= 15 is 0 Å². The second-order valence-corrected chi connectivity index (χ2v) is 4.00. The van der Waals surface area contributed by atoms with Crippen molar-refractivity contribution in [1.82, 2.24) is 0 Å². The van der Waals surface area contributed by atoms with Crippen LogP contribution in [0.4, 0.5) is 0 Å². The molecule has 4 bridgehead atoms. The van der Waals surface area contributed by atoms with Crippen LogP contribution in [0.5, 0.6) is 0 Å². The van der Waals surface area contributed by atoms with Crippen LogP contribution in [0.15, 0.2) is 48.5 Å². The topological polar surface area (TPSA) is 0 Å². The van der Waals surface area contributed by atoms with E-state index in [0.717, 1.165) is 0 Å². The van der Waals surface area contributed by atoms with Crippen molar-refractivity contribution in [3.8, 4) is 0 Å². The molecule has 4 aliphatic carbocycles. The zero-order valence-corrected chi connectivity index (χ0v) is 8.93. The van der Waals surface area contributed by atoms with Crippen LogP contribution in [0.25, 0.3) is 24.3 Å². The molecule has 16 heavy (non-hydrogen) atoms. The van der Waals surface area contributed by atoms with Crippen LogP contribution in [0.1, 0.15) is 22.3 Å². The Hall–Kier alpha value is -2.08. The van der Waals surface area contributed by atoms with E-state index in [1.165, 1.54) is 22.3 Å². The summed E-state index contributed by atoms with van der Waals surface area (Å²) in [6.07, 6.45) is 8.57. The number of rotatable bonds is 0. The Morgan fingerprint density at radius 1 is 0.312 bits per heavy atom. The fourth-order valence-corrected chi connectivity index (χ4v) is 1.82. The Bertz CT molecular complexity index is 436. The fourth-order valence-electron chi connectivity index (χ4n) is 1.82. The first kappa shape index (κ1) is 9.17. The van der Waals surface area contributed by atoms with Gasteiger partial charge in [-0.05, 0) is 22.3 Å². The zero-order valence-electron chi connectivity index (χ0n) is 8.93. The maximum Gasteiger partial charge on any atom is -0.0256 e. The normalized spacial score (nSPS) is 16.5. The molecule has 0 N–H and O–H groups in total. The van der Waals surface area contributed by atoms with Crippen LogP contribution in [0.2, 0.25) is 0 Å². The smallest absolute Gasteiger partial charge is 0.0256 e. The average Bonchev–Trinajstić information content (AvgIpc) is 2.33. The maximum atomic E-state index is 2.14. The van der Waals surface area contributed by atoms with Crippen molar-refractivity contribution in [2.75, 3.05) is 0 Å². The van der Waals surface area contributed by atoms with E-state index in [4.69, 9.17) is 0 Å². The van der Waals surface area contributed by atoms with Crippen LogP contribution >= 0.6 is 0 Å². The van der Waals surface area contributed by atoms with Crippen molar-refractivity contribution in [2.24, 2.45) is 0 Å². The molecule has 0 heterocycles. The highest BCUT2D eigenvalue weighted by atomic mass is 14.0. The standard InChI is InChI=1S/C16H12/c1-2-14-4-3-13(1)9-10-15-5-7-16(8-6-15)12-11-14/h1-12H/b10-9-,12-11-,13-9?,14-11?,15-10?,16-12?. The highest BCUT2D eigenvalue weighted by Gasteiger charge is 1.93. The molecule has 0 aromatic heterocycles. The molecule has 0 nitrogen and oxygen atoms in total. The number of benzene rings is 2. The second-order valence-electron chi connectivity index (χ2n) is 4.00. The Morgan fingerprint density at radius 2 is 0.500 bits per heavy atom. The third-order valence-corrected chi connectivity index (χ3v) is 2.81. The van der Waals surface area contributed by atoms with E-state index in [0.29, 0.717) is 0 Å². The van der Waals surface area contributed by atoms with Crippen LogP contribution < -0.4 is 0 Å².